The lowest BCUT2D eigenvalue weighted by atomic mass is 9.99. The van der Waals surface area contributed by atoms with Crippen molar-refractivity contribution in [3.8, 4) is 5.75 Å². The van der Waals surface area contributed by atoms with Crippen molar-refractivity contribution in [1.82, 2.24) is 14.5 Å². The molecule has 0 saturated carbocycles. The Bertz CT molecular complexity index is 1080. The molecule has 2 aromatic rings. The maximum absolute atomic E-state index is 12.4. The van der Waals surface area contributed by atoms with Crippen LogP contribution in [0.25, 0.3) is 5.57 Å². The summed E-state index contributed by atoms with van der Waals surface area (Å²) in [7, 11) is 0. The number of hydrogen-bond acceptors (Lipinski definition) is 7. The van der Waals surface area contributed by atoms with E-state index in [0.717, 1.165) is 11.8 Å². The quantitative estimate of drug-likeness (QED) is 0.446. The second-order valence-corrected chi connectivity index (χ2v) is 8.14. The predicted octanol–water partition coefficient (Wildman–Crippen LogP) is 4.02. The molecule has 0 radical (unpaired) electrons. The Hall–Kier alpha value is -3.32. The number of halogens is 4. The molecular weight excluding hydrogens is 485 g/mol. The molecule has 0 bridgehead atoms. The fraction of sp³-hybridized carbons (Fsp3) is 0.400. The molecule has 0 fully saturated rings. The maximum Gasteiger partial charge on any atom is 0.573 e. The van der Waals surface area contributed by atoms with Crippen molar-refractivity contribution in [3.63, 3.8) is 0 Å². The van der Waals surface area contributed by atoms with Gasteiger partial charge >= 0.3 is 23.6 Å². The van der Waals surface area contributed by atoms with E-state index in [-0.39, 0.29) is 24.1 Å². The second kappa shape index (κ2) is 9.89. The van der Waals surface area contributed by atoms with Crippen LogP contribution in [0.2, 0.25) is 5.28 Å². The third-order valence-electron chi connectivity index (χ3n) is 4.85. The summed E-state index contributed by atoms with van der Waals surface area (Å²) in [5.41, 5.74) is -0.0204. The summed E-state index contributed by atoms with van der Waals surface area (Å²) < 4.78 is 47.0. The highest BCUT2D eigenvalue weighted by molar-refractivity contribution is 6.28. The van der Waals surface area contributed by atoms with Gasteiger partial charge in [0.05, 0.1) is 6.54 Å². The highest BCUT2D eigenvalue weighted by Gasteiger charge is 2.31. The van der Waals surface area contributed by atoms with Crippen LogP contribution in [0.5, 0.6) is 5.75 Å². The van der Waals surface area contributed by atoms with Crippen molar-refractivity contribution < 1.29 is 37.5 Å². The lowest BCUT2D eigenvalue weighted by Gasteiger charge is -2.28. The summed E-state index contributed by atoms with van der Waals surface area (Å²) >= 11 is 5.84. The van der Waals surface area contributed by atoms with Gasteiger partial charge in [-0.25, -0.2) is 4.79 Å². The molecule has 184 valence electrons. The minimum Gasteiger partial charge on any atom is -0.446 e. The molecule has 2 heterocycles. The molecule has 1 unspecified atom stereocenters. The third kappa shape index (κ3) is 6.84. The largest absolute Gasteiger partial charge is 0.573 e. The molecule has 1 aromatic heterocycles. The first-order chi connectivity index (χ1) is 15.8. The fourth-order valence-corrected chi connectivity index (χ4v) is 3.46. The molecule has 34 heavy (non-hydrogen) atoms. The zero-order valence-electron chi connectivity index (χ0n) is 17.8. The van der Waals surface area contributed by atoms with E-state index in [1.807, 2.05) is 0 Å². The number of rotatable bonds is 7. The van der Waals surface area contributed by atoms with Gasteiger partial charge in [0.1, 0.15) is 24.2 Å². The van der Waals surface area contributed by atoms with Gasteiger partial charge in [0.2, 0.25) is 0 Å². The van der Waals surface area contributed by atoms with Crippen LogP contribution in [0.3, 0.4) is 0 Å². The second-order valence-electron chi connectivity index (χ2n) is 7.80. The van der Waals surface area contributed by atoms with Crippen molar-refractivity contribution in [3.05, 3.63) is 57.5 Å². The summed E-state index contributed by atoms with van der Waals surface area (Å²) in [6.07, 6.45) is -2.17. The van der Waals surface area contributed by atoms with Crippen LogP contribution in [-0.2, 0) is 11.3 Å². The zero-order valence-corrected chi connectivity index (χ0v) is 18.5. The Balaban J connectivity index is 1.52. The van der Waals surface area contributed by atoms with Gasteiger partial charge in [-0.1, -0.05) is 18.2 Å². The van der Waals surface area contributed by atoms with Gasteiger partial charge in [-0.2, -0.15) is 0 Å². The molecule has 1 atom stereocenters. The number of ether oxygens (including phenoxy) is 2. The van der Waals surface area contributed by atoms with E-state index in [0.29, 0.717) is 18.5 Å². The molecule has 14 heteroatoms. The standard InChI is InChI=1S/C20H20ClF3N4O6/c1-19(30,11-27-10-16(28(31)32)25-17(27)21)12-33-18(29)26-8-6-14(7-9-26)13-2-4-15(5-3-13)34-20(22,23)24/h2-6,10,30H,7-9,11-12H2,1H3. The van der Waals surface area contributed by atoms with E-state index in [2.05, 4.69) is 9.72 Å². The monoisotopic (exact) mass is 504 g/mol. The van der Waals surface area contributed by atoms with Gasteiger partial charge < -0.3 is 29.6 Å². The summed E-state index contributed by atoms with van der Waals surface area (Å²) in [4.78, 5) is 27.4. The Morgan fingerprint density at radius 3 is 2.53 bits per heavy atom. The fourth-order valence-electron chi connectivity index (χ4n) is 3.27. The number of amides is 1. The Morgan fingerprint density at radius 1 is 1.32 bits per heavy atom. The lowest BCUT2D eigenvalue weighted by molar-refractivity contribution is -0.389. The number of benzene rings is 1. The number of carbonyl (C=O) groups is 1. The highest BCUT2D eigenvalue weighted by atomic mass is 35.5. The van der Waals surface area contributed by atoms with Crippen LogP contribution in [0.4, 0.5) is 23.8 Å². The van der Waals surface area contributed by atoms with Crippen LogP contribution in [-0.4, -0.2) is 62.2 Å². The van der Waals surface area contributed by atoms with Crippen LogP contribution in [0, 0.1) is 10.1 Å². The van der Waals surface area contributed by atoms with Crippen molar-refractivity contribution in [2.45, 2.75) is 31.9 Å². The average Bonchev–Trinajstić information content (AvgIpc) is 3.11. The number of carbonyl (C=O) groups excluding carboxylic acids is 1. The maximum atomic E-state index is 12.4. The van der Waals surface area contributed by atoms with Crippen LogP contribution < -0.4 is 4.74 Å². The summed E-state index contributed by atoms with van der Waals surface area (Å²) in [5.74, 6) is -0.798. The molecule has 1 aliphatic heterocycles. The topological polar surface area (TPSA) is 120 Å². The van der Waals surface area contributed by atoms with E-state index >= 15 is 0 Å². The number of hydrogen-bond donors (Lipinski definition) is 1. The molecule has 1 N–H and O–H groups in total. The van der Waals surface area contributed by atoms with Crippen LogP contribution >= 0.6 is 11.6 Å². The van der Waals surface area contributed by atoms with E-state index in [9.17, 15) is 33.2 Å². The van der Waals surface area contributed by atoms with Gasteiger partial charge in [-0.05, 0) is 58.1 Å². The van der Waals surface area contributed by atoms with Crippen molar-refractivity contribution in [2.75, 3.05) is 19.7 Å². The number of nitrogens with zero attached hydrogens (tertiary/aromatic N) is 4. The highest BCUT2D eigenvalue weighted by Crippen LogP contribution is 2.27. The average molecular weight is 505 g/mol. The van der Waals surface area contributed by atoms with E-state index in [4.69, 9.17) is 16.3 Å². The van der Waals surface area contributed by atoms with E-state index in [1.54, 1.807) is 6.08 Å². The Kier molecular flexibility index (Phi) is 7.36. The molecule has 1 aromatic carbocycles. The molecular formula is C20H20ClF3N4O6. The predicted molar refractivity (Wildman–Crippen MR) is 113 cm³/mol. The molecule has 3 rings (SSSR count). The Morgan fingerprint density at radius 2 is 2.00 bits per heavy atom. The van der Waals surface area contributed by atoms with E-state index in [1.165, 1.54) is 40.7 Å². The first-order valence-corrected chi connectivity index (χ1v) is 10.3. The summed E-state index contributed by atoms with van der Waals surface area (Å²) in [6, 6.07) is 5.44. The number of alkyl halides is 3. The Labute approximate surface area is 196 Å². The van der Waals surface area contributed by atoms with Crippen LogP contribution in [0.15, 0.2) is 36.5 Å². The van der Waals surface area contributed by atoms with Gasteiger partial charge in [0.25, 0.3) is 0 Å². The first-order valence-electron chi connectivity index (χ1n) is 9.89. The molecule has 0 saturated heterocycles. The molecule has 0 spiro atoms. The van der Waals surface area contributed by atoms with Crippen LogP contribution in [0.1, 0.15) is 18.9 Å². The number of aromatic nitrogens is 2. The molecule has 1 amide bonds. The number of aliphatic hydroxyl groups is 1. The van der Waals surface area contributed by atoms with Crippen molar-refractivity contribution in [1.29, 1.82) is 0 Å². The number of nitro groups is 1. The number of imidazole rings is 1. The van der Waals surface area contributed by atoms with E-state index < -0.39 is 35.4 Å². The minimum absolute atomic E-state index is 0.190. The molecule has 0 aliphatic carbocycles. The van der Waals surface area contributed by atoms with Gasteiger partial charge in [0, 0.05) is 13.1 Å². The molecule has 10 nitrogen and oxygen atoms in total. The first kappa shape index (κ1) is 25.3. The molecule has 1 aliphatic rings. The smallest absolute Gasteiger partial charge is 0.446 e. The normalized spacial score (nSPS) is 15.9. The van der Waals surface area contributed by atoms with Gasteiger partial charge in [0.15, 0.2) is 0 Å². The summed E-state index contributed by atoms with van der Waals surface area (Å²) in [5, 5.41) is 21.1. The summed E-state index contributed by atoms with van der Waals surface area (Å²) in [6.45, 7) is 1.28. The van der Waals surface area contributed by atoms with Gasteiger partial charge in [-0.3, -0.25) is 4.57 Å². The zero-order chi connectivity index (χ0) is 25.1. The third-order valence-corrected chi connectivity index (χ3v) is 5.15. The minimum atomic E-state index is -4.76. The van der Waals surface area contributed by atoms with Crippen molar-refractivity contribution >= 4 is 29.1 Å². The lowest BCUT2D eigenvalue weighted by Crippen LogP contribution is -2.41. The van der Waals surface area contributed by atoms with Crippen molar-refractivity contribution in [2.24, 2.45) is 0 Å². The SMILES string of the molecule is CC(O)(COC(=O)N1CC=C(c2ccc(OC(F)(F)F)cc2)CC1)Cn1cc([N+](=O)[O-])nc1Cl. The van der Waals surface area contributed by atoms with Gasteiger partial charge in [-0.15, -0.1) is 13.2 Å².